The molecule has 0 aliphatic rings. The van der Waals surface area contributed by atoms with Crippen LogP contribution in [0.4, 0.5) is 0 Å². The number of benzene rings is 3. The van der Waals surface area contributed by atoms with Crippen molar-refractivity contribution in [2.45, 2.75) is 32.8 Å². The first-order chi connectivity index (χ1) is 17.4. The number of carbonyl (C=O) groups is 1. The predicted octanol–water partition coefficient (Wildman–Crippen LogP) is 7.22. The van der Waals surface area contributed by atoms with Gasteiger partial charge in [0.15, 0.2) is 11.5 Å². The highest BCUT2D eigenvalue weighted by atomic mass is 79.9. The number of ether oxygens (including phenoxy) is 3. The summed E-state index contributed by atoms with van der Waals surface area (Å²) in [5, 5.41) is 5.10. The maximum absolute atomic E-state index is 12.1. The lowest BCUT2D eigenvalue weighted by Gasteiger charge is -2.13. The van der Waals surface area contributed by atoms with Crippen molar-refractivity contribution in [3.8, 4) is 17.2 Å². The highest BCUT2D eigenvalue weighted by Gasteiger charge is 2.10. The number of hydrazone groups is 1. The molecule has 3 aromatic rings. The number of methoxy groups -OCH3 is 1. The maximum atomic E-state index is 12.1. The number of carbonyl (C=O) groups excluding carboxylic acids is 1. The third-order valence-electron chi connectivity index (χ3n) is 5.23. The van der Waals surface area contributed by atoms with E-state index in [1.807, 2.05) is 18.2 Å². The lowest BCUT2D eigenvalue weighted by molar-refractivity contribution is -0.121. The Morgan fingerprint density at radius 3 is 2.47 bits per heavy atom. The summed E-state index contributed by atoms with van der Waals surface area (Å²) in [5.41, 5.74) is 5.19. The molecule has 0 aromatic heterocycles. The molecule has 190 valence electrons. The summed E-state index contributed by atoms with van der Waals surface area (Å²) in [6.45, 7) is 2.73. The molecule has 0 aliphatic heterocycles. The zero-order valence-corrected chi connectivity index (χ0v) is 23.1. The summed E-state index contributed by atoms with van der Waals surface area (Å²) in [7, 11) is 1.55. The SMILES string of the molecule is CCc1ccc(OCCCC(=O)N/N=C/c2ccc(OCc3c(Cl)cccc3Cl)c(OC)c2)c(Br)c1. The Bertz CT molecular complexity index is 1200. The van der Waals surface area contributed by atoms with Crippen molar-refractivity contribution in [3.63, 3.8) is 0 Å². The molecule has 0 heterocycles. The number of halogens is 3. The van der Waals surface area contributed by atoms with Crippen molar-refractivity contribution < 1.29 is 19.0 Å². The summed E-state index contributed by atoms with van der Waals surface area (Å²) in [4.78, 5) is 12.1. The third-order valence-corrected chi connectivity index (χ3v) is 6.56. The van der Waals surface area contributed by atoms with E-state index in [0.717, 1.165) is 22.2 Å². The Morgan fingerprint density at radius 1 is 1.03 bits per heavy atom. The van der Waals surface area contributed by atoms with Crippen molar-refractivity contribution in [3.05, 3.63) is 85.8 Å². The van der Waals surface area contributed by atoms with Gasteiger partial charge in [-0.25, -0.2) is 5.43 Å². The Hall–Kier alpha value is -2.74. The van der Waals surface area contributed by atoms with Crippen LogP contribution in [-0.2, 0) is 17.8 Å². The van der Waals surface area contributed by atoms with E-state index >= 15 is 0 Å². The van der Waals surface area contributed by atoms with Gasteiger partial charge in [-0.2, -0.15) is 5.10 Å². The maximum Gasteiger partial charge on any atom is 0.240 e. The van der Waals surface area contributed by atoms with E-state index < -0.39 is 0 Å². The molecular weight excluding hydrogens is 567 g/mol. The van der Waals surface area contributed by atoms with Crippen LogP contribution < -0.4 is 19.6 Å². The number of hydrogen-bond donors (Lipinski definition) is 1. The number of nitrogens with zero attached hydrogens (tertiary/aromatic N) is 1. The van der Waals surface area contributed by atoms with Gasteiger partial charge in [0, 0.05) is 22.0 Å². The van der Waals surface area contributed by atoms with Crippen molar-refractivity contribution >= 4 is 51.3 Å². The number of amides is 1. The van der Waals surface area contributed by atoms with Gasteiger partial charge in [-0.3, -0.25) is 4.79 Å². The van der Waals surface area contributed by atoms with Gasteiger partial charge >= 0.3 is 0 Å². The van der Waals surface area contributed by atoms with Gasteiger partial charge in [-0.15, -0.1) is 0 Å². The van der Waals surface area contributed by atoms with Crippen LogP contribution >= 0.6 is 39.1 Å². The van der Waals surface area contributed by atoms with Crippen molar-refractivity contribution in [1.82, 2.24) is 5.43 Å². The van der Waals surface area contributed by atoms with Crippen LogP contribution in [0.2, 0.25) is 10.0 Å². The number of hydrogen-bond acceptors (Lipinski definition) is 5. The first kappa shape index (κ1) is 27.8. The minimum absolute atomic E-state index is 0.196. The van der Waals surface area contributed by atoms with E-state index in [-0.39, 0.29) is 12.5 Å². The third kappa shape index (κ3) is 8.15. The lowest BCUT2D eigenvalue weighted by Crippen LogP contribution is -2.18. The average molecular weight is 594 g/mol. The second-order valence-electron chi connectivity index (χ2n) is 7.76. The van der Waals surface area contributed by atoms with Crippen molar-refractivity contribution in [2.24, 2.45) is 5.10 Å². The molecule has 0 fully saturated rings. The first-order valence-electron chi connectivity index (χ1n) is 11.4. The van der Waals surface area contributed by atoms with Gasteiger partial charge in [0.2, 0.25) is 5.91 Å². The second kappa shape index (κ2) is 14.1. The summed E-state index contributed by atoms with van der Waals surface area (Å²) >= 11 is 15.9. The number of rotatable bonds is 12. The summed E-state index contributed by atoms with van der Waals surface area (Å²) in [5.74, 6) is 1.62. The zero-order chi connectivity index (χ0) is 25.9. The Morgan fingerprint density at radius 2 is 1.78 bits per heavy atom. The summed E-state index contributed by atoms with van der Waals surface area (Å²) in [6.07, 6.45) is 3.36. The molecule has 1 N–H and O–H groups in total. The lowest BCUT2D eigenvalue weighted by atomic mass is 10.2. The predicted molar refractivity (Wildman–Crippen MR) is 148 cm³/mol. The molecule has 0 saturated carbocycles. The second-order valence-corrected chi connectivity index (χ2v) is 9.43. The van der Waals surface area contributed by atoms with Crippen LogP contribution in [0.5, 0.6) is 17.2 Å². The normalized spacial score (nSPS) is 10.9. The topological polar surface area (TPSA) is 69.2 Å². The first-order valence-corrected chi connectivity index (χ1v) is 12.9. The molecule has 0 atom stereocenters. The van der Waals surface area contributed by atoms with E-state index in [9.17, 15) is 4.79 Å². The largest absolute Gasteiger partial charge is 0.493 e. The van der Waals surface area contributed by atoms with E-state index in [1.54, 1.807) is 43.5 Å². The van der Waals surface area contributed by atoms with Crippen LogP contribution in [0.15, 0.2) is 64.2 Å². The van der Waals surface area contributed by atoms with Gasteiger partial charge in [-0.05, 0) is 82.4 Å². The molecule has 9 heteroatoms. The molecule has 0 radical (unpaired) electrons. The van der Waals surface area contributed by atoms with Gasteiger partial charge in [0.25, 0.3) is 0 Å². The van der Waals surface area contributed by atoms with Gasteiger partial charge in [-0.1, -0.05) is 42.3 Å². The van der Waals surface area contributed by atoms with Gasteiger partial charge in [0.1, 0.15) is 12.4 Å². The van der Waals surface area contributed by atoms with Crippen LogP contribution in [0.1, 0.15) is 36.5 Å². The fourth-order valence-corrected chi connectivity index (χ4v) is 4.28. The summed E-state index contributed by atoms with van der Waals surface area (Å²) in [6, 6.07) is 16.6. The minimum Gasteiger partial charge on any atom is -0.493 e. The molecule has 3 rings (SSSR count). The van der Waals surface area contributed by atoms with Crippen LogP contribution in [-0.4, -0.2) is 25.8 Å². The molecule has 0 saturated heterocycles. The molecule has 0 aliphatic carbocycles. The Kier molecular flexibility index (Phi) is 10.9. The minimum atomic E-state index is -0.196. The van der Waals surface area contributed by atoms with E-state index in [4.69, 9.17) is 37.4 Å². The molecule has 0 unspecified atom stereocenters. The molecule has 0 bridgehead atoms. The van der Waals surface area contributed by atoms with Crippen molar-refractivity contribution in [2.75, 3.05) is 13.7 Å². The van der Waals surface area contributed by atoms with E-state index in [2.05, 4.69) is 33.4 Å². The zero-order valence-electron chi connectivity index (χ0n) is 20.0. The molecule has 1 amide bonds. The fourth-order valence-electron chi connectivity index (χ4n) is 3.23. The quantitative estimate of drug-likeness (QED) is 0.137. The molecule has 6 nitrogen and oxygen atoms in total. The highest BCUT2D eigenvalue weighted by molar-refractivity contribution is 9.10. The highest BCUT2D eigenvalue weighted by Crippen LogP contribution is 2.31. The molecule has 3 aromatic carbocycles. The Balaban J connectivity index is 1.45. The van der Waals surface area contributed by atoms with Crippen LogP contribution in [0.3, 0.4) is 0 Å². The number of aryl methyl sites for hydroxylation is 1. The molecule has 0 spiro atoms. The Labute approximate surface area is 229 Å². The van der Waals surface area contributed by atoms with Crippen LogP contribution in [0, 0.1) is 0 Å². The smallest absolute Gasteiger partial charge is 0.240 e. The van der Waals surface area contributed by atoms with E-state index in [0.29, 0.717) is 46.6 Å². The molecule has 36 heavy (non-hydrogen) atoms. The average Bonchev–Trinajstić information content (AvgIpc) is 2.87. The van der Waals surface area contributed by atoms with Crippen LogP contribution in [0.25, 0.3) is 0 Å². The monoisotopic (exact) mass is 592 g/mol. The number of nitrogens with one attached hydrogen (secondary N) is 1. The van der Waals surface area contributed by atoms with Gasteiger partial charge < -0.3 is 14.2 Å². The van der Waals surface area contributed by atoms with Gasteiger partial charge in [0.05, 0.1) is 24.4 Å². The fraction of sp³-hybridized carbons (Fsp3) is 0.259. The van der Waals surface area contributed by atoms with Crippen molar-refractivity contribution in [1.29, 1.82) is 0 Å². The standard InChI is InChI=1S/C27H27BrCl2N2O4/c1-3-18-9-11-24(21(28)14-18)35-13-5-8-27(33)32-31-16-19-10-12-25(26(15-19)34-2)36-17-20-22(29)6-4-7-23(20)30/h4,6-7,9-12,14-16H,3,5,8,13,17H2,1-2H3,(H,32,33)/b31-16+. The molecular formula is C27H27BrCl2N2O4. The van der Waals surface area contributed by atoms with E-state index in [1.165, 1.54) is 11.8 Å². The summed E-state index contributed by atoms with van der Waals surface area (Å²) < 4.78 is 17.9.